The molecule has 8 nitrogen and oxygen atoms in total. The molecule has 2 aromatic carbocycles. The van der Waals surface area contributed by atoms with Crippen LogP contribution in [0.5, 0.6) is 11.5 Å². The Labute approximate surface area is 185 Å². The first-order chi connectivity index (χ1) is 15.6. The predicted molar refractivity (Wildman–Crippen MR) is 116 cm³/mol. The van der Waals surface area contributed by atoms with E-state index < -0.39 is 0 Å². The first kappa shape index (κ1) is 20.1. The molecule has 2 amide bonds. The van der Waals surface area contributed by atoms with Crippen molar-refractivity contribution in [1.82, 2.24) is 20.4 Å². The van der Waals surface area contributed by atoms with Crippen LogP contribution in [0.2, 0.25) is 0 Å². The number of benzene rings is 2. The molecule has 1 aromatic heterocycles. The molecule has 2 N–H and O–H groups in total. The van der Waals surface area contributed by atoms with Crippen molar-refractivity contribution in [3.05, 3.63) is 76.1 Å². The topological polar surface area (TPSA) is 96.6 Å². The zero-order valence-electron chi connectivity index (χ0n) is 17.8. The van der Waals surface area contributed by atoms with Gasteiger partial charge in [-0.1, -0.05) is 30.3 Å². The first-order valence-electron chi connectivity index (χ1n) is 10.6. The van der Waals surface area contributed by atoms with E-state index in [1.165, 1.54) is 0 Å². The van der Waals surface area contributed by atoms with E-state index >= 15 is 0 Å². The van der Waals surface area contributed by atoms with Gasteiger partial charge in [0.25, 0.3) is 5.91 Å². The summed E-state index contributed by atoms with van der Waals surface area (Å²) >= 11 is 0. The summed E-state index contributed by atoms with van der Waals surface area (Å²) in [6.45, 7) is 3.55. The molecule has 2 aliphatic heterocycles. The lowest BCUT2D eigenvalue weighted by Gasteiger charge is -2.27. The van der Waals surface area contributed by atoms with Gasteiger partial charge >= 0.3 is 0 Å². The Bertz CT molecular complexity index is 1190. The van der Waals surface area contributed by atoms with Gasteiger partial charge in [-0.05, 0) is 35.7 Å². The molecule has 0 atom stereocenters. The average molecular weight is 432 g/mol. The van der Waals surface area contributed by atoms with Gasteiger partial charge in [0.1, 0.15) is 0 Å². The Morgan fingerprint density at radius 3 is 2.88 bits per heavy atom. The summed E-state index contributed by atoms with van der Waals surface area (Å²) in [6, 6.07) is 13.5. The highest BCUT2D eigenvalue weighted by Gasteiger charge is 2.28. The van der Waals surface area contributed by atoms with E-state index in [0.717, 1.165) is 27.9 Å². The van der Waals surface area contributed by atoms with Gasteiger partial charge in [0.2, 0.25) is 12.7 Å². The number of rotatable bonds is 5. The van der Waals surface area contributed by atoms with E-state index in [1.807, 2.05) is 49.4 Å². The van der Waals surface area contributed by atoms with Crippen molar-refractivity contribution in [3.8, 4) is 11.5 Å². The number of amides is 2. The molecule has 3 heterocycles. The van der Waals surface area contributed by atoms with Crippen LogP contribution in [0, 0.1) is 6.92 Å². The quantitative estimate of drug-likeness (QED) is 0.646. The molecule has 0 saturated heterocycles. The normalized spacial score (nSPS) is 14.2. The van der Waals surface area contributed by atoms with Gasteiger partial charge in [0, 0.05) is 37.3 Å². The Hall–Kier alpha value is -3.81. The molecule has 5 rings (SSSR count). The van der Waals surface area contributed by atoms with Crippen LogP contribution >= 0.6 is 0 Å². The molecule has 0 spiro atoms. The summed E-state index contributed by atoms with van der Waals surface area (Å²) in [4.78, 5) is 27.6. The SMILES string of the molecule is Cc1ccccc1CC(=O)N1CCc2[nH]nc(C(=O)NCc3ccc4c(c3)OCO4)c2C1. The van der Waals surface area contributed by atoms with Crippen LogP contribution < -0.4 is 14.8 Å². The summed E-state index contributed by atoms with van der Waals surface area (Å²) in [5, 5.41) is 10.1. The van der Waals surface area contributed by atoms with Crippen LogP contribution in [0.1, 0.15) is 38.4 Å². The lowest BCUT2D eigenvalue weighted by Crippen LogP contribution is -2.37. The molecule has 0 bridgehead atoms. The minimum absolute atomic E-state index is 0.0536. The molecule has 32 heavy (non-hydrogen) atoms. The van der Waals surface area contributed by atoms with Crippen molar-refractivity contribution in [2.24, 2.45) is 0 Å². The molecule has 0 saturated carbocycles. The fourth-order valence-electron chi connectivity index (χ4n) is 4.10. The van der Waals surface area contributed by atoms with Crippen molar-refractivity contribution in [2.45, 2.75) is 32.9 Å². The summed E-state index contributed by atoms with van der Waals surface area (Å²) in [6.07, 6.45) is 1.00. The zero-order chi connectivity index (χ0) is 22.1. The zero-order valence-corrected chi connectivity index (χ0v) is 17.8. The number of nitrogens with one attached hydrogen (secondary N) is 2. The third kappa shape index (κ3) is 3.91. The third-order valence-corrected chi connectivity index (χ3v) is 5.99. The van der Waals surface area contributed by atoms with Crippen LogP contribution in [0.4, 0.5) is 0 Å². The lowest BCUT2D eigenvalue weighted by atomic mass is 10.0. The number of hydrogen-bond donors (Lipinski definition) is 2. The average Bonchev–Trinajstić information content (AvgIpc) is 3.45. The number of fused-ring (bicyclic) bond motifs is 2. The summed E-state index contributed by atoms with van der Waals surface area (Å²) in [5.74, 6) is 1.17. The minimum atomic E-state index is -0.270. The van der Waals surface area contributed by atoms with E-state index in [0.29, 0.717) is 49.7 Å². The third-order valence-electron chi connectivity index (χ3n) is 5.99. The summed E-state index contributed by atoms with van der Waals surface area (Å²) in [7, 11) is 0. The van der Waals surface area contributed by atoms with Crippen LogP contribution in [-0.4, -0.2) is 40.2 Å². The van der Waals surface area contributed by atoms with E-state index in [9.17, 15) is 9.59 Å². The molecule has 0 unspecified atom stereocenters. The van der Waals surface area contributed by atoms with E-state index in [4.69, 9.17) is 9.47 Å². The number of hydrogen-bond acceptors (Lipinski definition) is 5. The fourth-order valence-corrected chi connectivity index (χ4v) is 4.10. The van der Waals surface area contributed by atoms with Gasteiger partial charge in [-0.15, -0.1) is 0 Å². The summed E-state index contributed by atoms with van der Waals surface area (Å²) < 4.78 is 10.7. The highest BCUT2D eigenvalue weighted by atomic mass is 16.7. The highest BCUT2D eigenvalue weighted by Crippen LogP contribution is 2.32. The van der Waals surface area contributed by atoms with E-state index in [1.54, 1.807) is 4.90 Å². The van der Waals surface area contributed by atoms with Crippen molar-refractivity contribution in [2.75, 3.05) is 13.3 Å². The fraction of sp³-hybridized carbons (Fsp3) is 0.292. The first-order valence-corrected chi connectivity index (χ1v) is 10.6. The van der Waals surface area contributed by atoms with Crippen molar-refractivity contribution >= 4 is 11.8 Å². The Balaban J connectivity index is 1.25. The standard InChI is InChI=1S/C24H24N4O4/c1-15-4-2-3-5-17(15)11-22(29)28-9-8-19-18(13-28)23(27-26-19)24(30)25-12-16-6-7-20-21(10-16)32-14-31-20/h2-7,10H,8-9,11-14H2,1H3,(H,25,30)(H,26,27). The minimum Gasteiger partial charge on any atom is -0.454 e. The Morgan fingerprint density at radius 1 is 1.16 bits per heavy atom. The number of ether oxygens (including phenoxy) is 2. The van der Waals surface area contributed by atoms with E-state index in [2.05, 4.69) is 15.5 Å². The molecular weight excluding hydrogens is 408 g/mol. The number of H-pyrrole nitrogens is 1. The second-order valence-electron chi connectivity index (χ2n) is 8.07. The van der Waals surface area contributed by atoms with Gasteiger partial charge < -0.3 is 19.7 Å². The molecular formula is C24H24N4O4. The monoisotopic (exact) mass is 432 g/mol. The summed E-state index contributed by atoms with van der Waals surface area (Å²) in [5.41, 5.74) is 5.08. The molecule has 0 radical (unpaired) electrons. The van der Waals surface area contributed by atoms with Gasteiger partial charge in [-0.25, -0.2) is 0 Å². The Morgan fingerprint density at radius 2 is 2.00 bits per heavy atom. The smallest absolute Gasteiger partial charge is 0.272 e. The number of nitrogens with zero attached hydrogens (tertiary/aromatic N) is 2. The van der Waals surface area contributed by atoms with Gasteiger partial charge in [-0.2, -0.15) is 5.10 Å². The largest absolute Gasteiger partial charge is 0.454 e. The highest BCUT2D eigenvalue weighted by molar-refractivity contribution is 5.94. The van der Waals surface area contributed by atoms with Gasteiger partial charge in [-0.3, -0.25) is 14.7 Å². The van der Waals surface area contributed by atoms with Gasteiger partial charge in [0.15, 0.2) is 17.2 Å². The maximum absolute atomic E-state index is 12.9. The number of carbonyl (C=O) groups is 2. The maximum atomic E-state index is 12.9. The second kappa shape index (κ2) is 8.37. The molecule has 164 valence electrons. The molecule has 3 aromatic rings. The van der Waals surface area contributed by atoms with Crippen LogP contribution in [0.15, 0.2) is 42.5 Å². The predicted octanol–water partition coefficient (Wildman–Crippen LogP) is 2.50. The van der Waals surface area contributed by atoms with Crippen LogP contribution in [-0.2, 0) is 30.7 Å². The second-order valence-corrected chi connectivity index (χ2v) is 8.07. The van der Waals surface area contributed by atoms with E-state index in [-0.39, 0.29) is 18.6 Å². The number of aromatic nitrogens is 2. The van der Waals surface area contributed by atoms with Crippen molar-refractivity contribution in [1.29, 1.82) is 0 Å². The van der Waals surface area contributed by atoms with Crippen molar-refractivity contribution in [3.63, 3.8) is 0 Å². The van der Waals surface area contributed by atoms with Crippen LogP contribution in [0.25, 0.3) is 0 Å². The number of aromatic amines is 1. The Kier molecular flexibility index (Phi) is 5.26. The van der Waals surface area contributed by atoms with Crippen molar-refractivity contribution < 1.29 is 19.1 Å². The lowest BCUT2D eigenvalue weighted by molar-refractivity contribution is -0.131. The molecule has 0 aliphatic carbocycles. The molecule has 2 aliphatic rings. The molecule has 8 heteroatoms. The van der Waals surface area contributed by atoms with Gasteiger partial charge in [0.05, 0.1) is 6.42 Å². The number of carbonyl (C=O) groups excluding carboxylic acids is 2. The number of aryl methyl sites for hydroxylation is 1. The van der Waals surface area contributed by atoms with Crippen LogP contribution in [0.3, 0.4) is 0 Å². The molecule has 0 fully saturated rings. The maximum Gasteiger partial charge on any atom is 0.272 e.